The van der Waals surface area contributed by atoms with Gasteiger partial charge in [0.1, 0.15) is 0 Å². The maximum Gasteiger partial charge on any atom is 0.0755 e. The zero-order chi connectivity index (χ0) is 10.4. The molecular weight excluding hydrogens is 330 g/mol. The molecule has 2 N–H and O–H groups in total. The van der Waals surface area contributed by atoms with Crippen LogP contribution in [0.1, 0.15) is 5.56 Å². The van der Waals surface area contributed by atoms with Crippen LogP contribution in [0.3, 0.4) is 0 Å². The van der Waals surface area contributed by atoms with Crippen molar-refractivity contribution in [1.82, 2.24) is 5.32 Å². The van der Waals surface area contributed by atoms with E-state index >= 15 is 0 Å². The number of aliphatic hydroxyl groups is 1. The van der Waals surface area contributed by atoms with Gasteiger partial charge in [-0.05, 0) is 43.5 Å². The SMILES string of the molecule is OC/C=C/CNCc1cc(Br)sc1Br. The van der Waals surface area contributed by atoms with Crippen LogP contribution in [0.15, 0.2) is 25.8 Å². The summed E-state index contributed by atoms with van der Waals surface area (Å²) in [5, 5.41) is 11.8. The lowest BCUT2D eigenvalue weighted by Gasteiger charge is -1.99. The summed E-state index contributed by atoms with van der Waals surface area (Å²) in [7, 11) is 0. The number of hydrogen-bond donors (Lipinski definition) is 2. The maximum absolute atomic E-state index is 8.50. The van der Waals surface area contributed by atoms with Gasteiger partial charge < -0.3 is 10.4 Å². The summed E-state index contributed by atoms with van der Waals surface area (Å²) in [6.07, 6.45) is 3.64. The standard InChI is InChI=1S/C9H11Br2NOS/c10-8-5-7(9(11)14-8)6-12-3-1-2-4-13/h1-2,5,12-13H,3-4,6H2/b2-1+. The first-order chi connectivity index (χ1) is 6.74. The minimum atomic E-state index is 0.107. The maximum atomic E-state index is 8.50. The zero-order valence-electron chi connectivity index (χ0n) is 7.46. The second kappa shape index (κ2) is 6.74. The Morgan fingerprint density at radius 2 is 2.21 bits per heavy atom. The number of thiophene rings is 1. The molecule has 1 rings (SSSR count). The lowest BCUT2D eigenvalue weighted by Crippen LogP contribution is -2.12. The van der Waals surface area contributed by atoms with Crippen molar-refractivity contribution in [1.29, 1.82) is 0 Å². The summed E-state index contributed by atoms with van der Waals surface area (Å²) in [6, 6.07) is 2.09. The molecule has 1 aromatic heterocycles. The molecular formula is C9H11Br2NOS. The van der Waals surface area contributed by atoms with Crippen LogP contribution in [0.4, 0.5) is 0 Å². The van der Waals surface area contributed by atoms with E-state index in [0.717, 1.165) is 20.7 Å². The van der Waals surface area contributed by atoms with Crippen molar-refractivity contribution in [2.75, 3.05) is 13.2 Å². The molecule has 14 heavy (non-hydrogen) atoms. The van der Waals surface area contributed by atoms with E-state index in [2.05, 4.69) is 43.2 Å². The number of aliphatic hydroxyl groups excluding tert-OH is 1. The highest BCUT2D eigenvalue weighted by Gasteiger charge is 2.03. The lowest BCUT2D eigenvalue weighted by atomic mass is 10.3. The lowest BCUT2D eigenvalue weighted by molar-refractivity contribution is 0.342. The van der Waals surface area contributed by atoms with Gasteiger partial charge in [-0.15, -0.1) is 11.3 Å². The summed E-state index contributed by atoms with van der Waals surface area (Å²) in [5.41, 5.74) is 1.25. The molecule has 0 fully saturated rings. The molecule has 0 saturated carbocycles. The van der Waals surface area contributed by atoms with Crippen LogP contribution in [-0.2, 0) is 6.54 Å². The Bertz CT molecular complexity index is 312. The molecule has 0 atom stereocenters. The average Bonchev–Trinajstić information content (AvgIpc) is 2.45. The minimum Gasteiger partial charge on any atom is -0.392 e. The van der Waals surface area contributed by atoms with Gasteiger partial charge in [-0.25, -0.2) is 0 Å². The second-order valence-electron chi connectivity index (χ2n) is 2.63. The van der Waals surface area contributed by atoms with Crippen LogP contribution in [0.2, 0.25) is 0 Å². The second-order valence-corrected chi connectivity index (χ2v) is 6.38. The van der Waals surface area contributed by atoms with Gasteiger partial charge in [0.25, 0.3) is 0 Å². The molecule has 0 unspecified atom stereocenters. The molecule has 5 heteroatoms. The summed E-state index contributed by atoms with van der Waals surface area (Å²) in [6.45, 7) is 1.72. The van der Waals surface area contributed by atoms with Crippen molar-refractivity contribution in [2.45, 2.75) is 6.54 Å². The quantitative estimate of drug-likeness (QED) is 0.638. The van der Waals surface area contributed by atoms with Gasteiger partial charge in [0.2, 0.25) is 0 Å². The van der Waals surface area contributed by atoms with E-state index in [9.17, 15) is 0 Å². The molecule has 0 radical (unpaired) electrons. The molecule has 2 nitrogen and oxygen atoms in total. The number of hydrogen-bond acceptors (Lipinski definition) is 3. The number of rotatable bonds is 5. The Morgan fingerprint density at radius 1 is 1.43 bits per heavy atom. The Balaban J connectivity index is 2.31. The fourth-order valence-corrected chi connectivity index (χ4v) is 3.77. The molecule has 0 aliphatic heterocycles. The summed E-state index contributed by atoms with van der Waals surface area (Å²) >= 11 is 8.59. The van der Waals surface area contributed by atoms with E-state index in [1.54, 1.807) is 17.4 Å². The molecule has 0 spiro atoms. The summed E-state index contributed by atoms with van der Waals surface area (Å²) in [4.78, 5) is 0. The van der Waals surface area contributed by atoms with Crippen molar-refractivity contribution in [3.63, 3.8) is 0 Å². The highest BCUT2D eigenvalue weighted by molar-refractivity contribution is 9.12. The number of nitrogens with one attached hydrogen (secondary N) is 1. The molecule has 78 valence electrons. The monoisotopic (exact) mass is 339 g/mol. The zero-order valence-corrected chi connectivity index (χ0v) is 11.5. The fraction of sp³-hybridized carbons (Fsp3) is 0.333. The molecule has 0 aliphatic rings. The van der Waals surface area contributed by atoms with Crippen molar-refractivity contribution in [3.8, 4) is 0 Å². The molecule has 0 bridgehead atoms. The third-order valence-corrected chi connectivity index (χ3v) is 4.04. The van der Waals surface area contributed by atoms with Crippen molar-refractivity contribution < 1.29 is 5.11 Å². The van der Waals surface area contributed by atoms with Gasteiger partial charge in [0.15, 0.2) is 0 Å². The van der Waals surface area contributed by atoms with E-state index in [1.807, 2.05) is 6.08 Å². The van der Waals surface area contributed by atoms with E-state index in [-0.39, 0.29) is 6.61 Å². The normalized spacial score (nSPS) is 11.4. The minimum absolute atomic E-state index is 0.107. The van der Waals surface area contributed by atoms with Gasteiger partial charge in [0, 0.05) is 13.1 Å². The molecule has 1 aromatic rings. The predicted octanol–water partition coefficient (Wildman–Crippen LogP) is 2.91. The van der Waals surface area contributed by atoms with E-state index < -0.39 is 0 Å². The van der Waals surface area contributed by atoms with E-state index in [4.69, 9.17) is 5.11 Å². The Hall–Kier alpha value is 0.320. The third-order valence-electron chi connectivity index (χ3n) is 1.58. The first-order valence-corrected chi connectivity index (χ1v) is 6.54. The Kier molecular flexibility index (Phi) is 5.96. The molecule has 0 saturated heterocycles. The van der Waals surface area contributed by atoms with Crippen molar-refractivity contribution in [3.05, 3.63) is 31.4 Å². The van der Waals surface area contributed by atoms with Crippen LogP contribution in [0.5, 0.6) is 0 Å². The van der Waals surface area contributed by atoms with Gasteiger partial charge in [-0.3, -0.25) is 0 Å². The van der Waals surface area contributed by atoms with Crippen LogP contribution in [0, 0.1) is 0 Å². The fourth-order valence-electron chi connectivity index (χ4n) is 0.943. The molecule has 1 heterocycles. The first kappa shape index (κ1) is 12.4. The molecule has 0 amide bonds. The van der Waals surface area contributed by atoms with Crippen LogP contribution in [0.25, 0.3) is 0 Å². The summed E-state index contributed by atoms with van der Waals surface area (Å²) in [5.74, 6) is 0. The van der Waals surface area contributed by atoms with Gasteiger partial charge >= 0.3 is 0 Å². The Labute approximate surface area is 104 Å². The number of halogens is 2. The largest absolute Gasteiger partial charge is 0.392 e. The van der Waals surface area contributed by atoms with Crippen LogP contribution < -0.4 is 5.32 Å². The third kappa shape index (κ3) is 4.23. The average molecular weight is 341 g/mol. The van der Waals surface area contributed by atoms with Gasteiger partial charge in [0.05, 0.1) is 14.2 Å². The van der Waals surface area contributed by atoms with Gasteiger partial charge in [-0.1, -0.05) is 12.2 Å². The molecule has 0 aromatic carbocycles. The summed E-state index contributed by atoms with van der Waals surface area (Å²) < 4.78 is 2.29. The van der Waals surface area contributed by atoms with E-state index in [0.29, 0.717) is 0 Å². The van der Waals surface area contributed by atoms with Gasteiger partial charge in [-0.2, -0.15) is 0 Å². The topological polar surface area (TPSA) is 32.3 Å². The molecule has 0 aliphatic carbocycles. The Morgan fingerprint density at radius 3 is 2.79 bits per heavy atom. The predicted molar refractivity (Wildman–Crippen MR) is 67.7 cm³/mol. The first-order valence-electron chi connectivity index (χ1n) is 4.14. The van der Waals surface area contributed by atoms with Crippen molar-refractivity contribution in [2.24, 2.45) is 0 Å². The van der Waals surface area contributed by atoms with Crippen LogP contribution in [-0.4, -0.2) is 18.3 Å². The highest BCUT2D eigenvalue weighted by Crippen LogP contribution is 2.31. The van der Waals surface area contributed by atoms with Crippen LogP contribution >= 0.6 is 43.2 Å². The van der Waals surface area contributed by atoms with E-state index in [1.165, 1.54) is 5.56 Å². The van der Waals surface area contributed by atoms with Crippen molar-refractivity contribution >= 4 is 43.2 Å². The smallest absolute Gasteiger partial charge is 0.0755 e. The highest BCUT2D eigenvalue weighted by atomic mass is 79.9.